The highest BCUT2D eigenvalue weighted by molar-refractivity contribution is 7.99. The van der Waals surface area contributed by atoms with Gasteiger partial charge in [0.15, 0.2) is 0 Å². The molecular weight excluding hydrogens is 262 g/mol. The zero-order valence-corrected chi connectivity index (χ0v) is 10.5. The highest BCUT2D eigenvalue weighted by atomic mass is 32.2. The summed E-state index contributed by atoms with van der Waals surface area (Å²) < 4.78 is 24.1. The molecule has 0 aliphatic heterocycles. The third-order valence-electron chi connectivity index (χ3n) is 1.99. The van der Waals surface area contributed by atoms with Gasteiger partial charge in [-0.15, -0.1) is 0 Å². The van der Waals surface area contributed by atoms with E-state index in [4.69, 9.17) is 5.11 Å². The van der Waals surface area contributed by atoms with Gasteiger partial charge in [-0.1, -0.05) is 11.8 Å². The molecule has 1 aromatic rings. The van der Waals surface area contributed by atoms with Crippen molar-refractivity contribution in [3.05, 3.63) is 24.3 Å². The summed E-state index contributed by atoms with van der Waals surface area (Å²) in [4.78, 5) is 11.8. The van der Waals surface area contributed by atoms with Crippen molar-refractivity contribution in [2.75, 3.05) is 11.9 Å². The molecule has 3 N–H and O–H groups in total. The first kappa shape index (κ1) is 14.7. The second kappa shape index (κ2) is 7.17. The van der Waals surface area contributed by atoms with Crippen LogP contribution in [-0.4, -0.2) is 29.5 Å². The Kier molecular flexibility index (Phi) is 5.87. The van der Waals surface area contributed by atoms with Gasteiger partial charge in [0.25, 0.3) is 5.76 Å². The summed E-state index contributed by atoms with van der Waals surface area (Å²) in [6.07, 6.45) is 0. The second-order valence-corrected chi connectivity index (χ2v) is 4.65. The monoisotopic (exact) mass is 276 g/mol. The van der Waals surface area contributed by atoms with Crippen LogP contribution in [-0.2, 0) is 0 Å². The molecule has 0 heterocycles. The van der Waals surface area contributed by atoms with E-state index in [1.807, 2.05) is 0 Å². The quantitative estimate of drug-likeness (QED) is 0.724. The molecule has 0 radical (unpaired) electrons. The molecule has 0 bridgehead atoms. The van der Waals surface area contributed by atoms with Crippen LogP contribution in [0.2, 0.25) is 0 Å². The fraction of sp³-hybridized carbons (Fsp3) is 0.364. The summed E-state index contributed by atoms with van der Waals surface area (Å²) in [5, 5.41) is 13.8. The lowest BCUT2D eigenvalue weighted by Gasteiger charge is -2.12. The molecule has 1 rings (SSSR count). The third kappa shape index (κ3) is 5.33. The normalized spacial score (nSPS) is 12.3. The van der Waals surface area contributed by atoms with E-state index >= 15 is 0 Å². The lowest BCUT2D eigenvalue weighted by atomic mass is 10.3. The van der Waals surface area contributed by atoms with Gasteiger partial charge in [-0.25, -0.2) is 4.79 Å². The Morgan fingerprint density at radius 3 is 2.50 bits per heavy atom. The Balaban J connectivity index is 2.50. The van der Waals surface area contributed by atoms with Crippen molar-refractivity contribution in [1.29, 1.82) is 0 Å². The van der Waals surface area contributed by atoms with Crippen molar-refractivity contribution in [2.24, 2.45) is 0 Å². The minimum atomic E-state index is -2.46. The summed E-state index contributed by atoms with van der Waals surface area (Å²) in [5.74, 6) is -2.46. The van der Waals surface area contributed by atoms with Gasteiger partial charge in [0, 0.05) is 10.6 Å². The zero-order chi connectivity index (χ0) is 13.5. The molecule has 2 amide bonds. The van der Waals surface area contributed by atoms with E-state index in [0.29, 0.717) is 22.3 Å². The van der Waals surface area contributed by atoms with Crippen molar-refractivity contribution < 1.29 is 18.7 Å². The van der Waals surface area contributed by atoms with Gasteiger partial charge >= 0.3 is 6.03 Å². The van der Waals surface area contributed by atoms with E-state index in [0.717, 1.165) is 0 Å². The first-order valence-electron chi connectivity index (χ1n) is 5.24. The molecule has 0 fully saturated rings. The summed E-state index contributed by atoms with van der Waals surface area (Å²) in [7, 11) is 0. The first-order chi connectivity index (χ1) is 8.51. The maximum atomic E-state index is 12.1. The molecule has 0 aliphatic rings. The van der Waals surface area contributed by atoms with E-state index in [1.165, 1.54) is 24.3 Å². The number of hydrogen-bond donors (Lipinski definition) is 3. The molecule has 0 saturated heterocycles. The molecule has 100 valence electrons. The number of benzene rings is 1. The molecule has 0 spiro atoms. The van der Waals surface area contributed by atoms with E-state index in [1.54, 1.807) is 6.92 Å². The fourth-order valence-corrected chi connectivity index (χ4v) is 1.66. The molecule has 4 nitrogen and oxygen atoms in total. The van der Waals surface area contributed by atoms with Crippen LogP contribution in [0.5, 0.6) is 0 Å². The molecular formula is C11H14F2N2O2S. The minimum Gasteiger partial charge on any atom is -0.394 e. The number of alkyl halides is 2. The smallest absolute Gasteiger partial charge is 0.319 e. The summed E-state index contributed by atoms with van der Waals surface area (Å²) in [6.45, 7) is 1.50. The number of nitrogens with one attached hydrogen (secondary N) is 2. The first-order valence-corrected chi connectivity index (χ1v) is 6.12. The molecule has 0 saturated carbocycles. The van der Waals surface area contributed by atoms with E-state index in [-0.39, 0.29) is 12.6 Å². The van der Waals surface area contributed by atoms with Crippen LogP contribution in [0.25, 0.3) is 0 Å². The van der Waals surface area contributed by atoms with Crippen molar-refractivity contribution in [2.45, 2.75) is 23.6 Å². The maximum absolute atomic E-state index is 12.1. The molecule has 7 heteroatoms. The van der Waals surface area contributed by atoms with Crippen LogP contribution < -0.4 is 10.6 Å². The van der Waals surface area contributed by atoms with Crippen LogP contribution in [0.15, 0.2) is 29.2 Å². The molecule has 1 atom stereocenters. The standard InChI is InChI=1S/C11H14F2N2O2S/c1-7(6-16)14-11(17)15-8-2-4-9(5-3-8)18-10(12)13/h2-5,7,10,16H,6H2,1H3,(H2,14,15,17). The Morgan fingerprint density at radius 1 is 1.39 bits per heavy atom. The number of hydrogen-bond acceptors (Lipinski definition) is 3. The number of thioether (sulfide) groups is 1. The van der Waals surface area contributed by atoms with Crippen molar-refractivity contribution in [3.63, 3.8) is 0 Å². The van der Waals surface area contributed by atoms with Gasteiger partial charge in [-0.05, 0) is 31.2 Å². The van der Waals surface area contributed by atoms with Crippen molar-refractivity contribution >= 4 is 23.5 Å². The van der Waals surface area contributed by atoms with Gasteiger partial charge in [0.05, 0.1) is 12.6 Å². The Hall–Kier alpha value is -1.34. The lowest BCUT2D eigenvalue weighted by Crippen LogP contribution is -2.38. The third-order valence-corrected chi connectivity index (χ3v) is 2.71. The maximum Gasteiger partial charge on any atom is 0.319 e. The lowest BCUT2D eigenvalue weighted by molar-refractivity contribution is 0.229. The highest BCUT2D eigenvalue weighted by Crippen LogP contribution is 2.26. The van der Waals surface area contributed by atoms with Crippen molar-refractivity contribution in [1.82, 2.24) is 5.32 Å². The zero-order valence-electron chi connectivity index (χ0n) is 9.69. The second-order valence-electron chi connectivity index (χ2n) is 3.58. The SMILES string of the molecule is CC(CO)NC(=O)Nc1ccc(SC(F)F)cc1. The Labute approximate surface area is 108 Å². The summed E-state index contributed by atoms with van der Waals surface area (Å²) >= 11 is 0.446. The van der Waals surface area contributed by atoms with E-state index in [9.17, 15) is 13.6 Å². The van der Waals surface area contributed by atoms with Gasteiger partial charge in [-0.2, -0.15) is 8.78 Å². The average molecular weight is 276 g/mol. The van der Waals surface area contributed by atoms with Crippen LogP contribution in [0, 0.1) is 0 Å². The number of aliphatic hydroxyl groups is 1. The van der Waals surface area contributed by atoms with E-state index < -0.39 is 11.8 Å². The number of amides is 2. The Morgan fingerprint density at radius 2 is 2.00 bits per heavy atom. The number of rotatable bonds is 5. The Bertz CT molecular complexity index is 387. The minimum absolute atomic E-state index is 0.155. The predicted molar refractivity (Wildman–Crippen MR) is 67.0 cm³/mol. The fourth-order valence-electron chi connectivity index (χ4n) is 1.16. The van der Waals surface area contributed by atoms with Crippen molar-refractivity contribution in [3.8, 4) is 0 Å². The van der Waals surface area contributed by atoms with Crippen LogP contribution in [0.4, 0.5) is 19.3 Å². The van der Waals surface area contributed by atoms with Gasteiger partial charge in [0.2, 0.25) is 0 Å². The largest absolute Gasteiger partial charge is 0.394 e. The molecule has 1 aromatic carbocycles. The van der Waals surface area contributed by atoms with Crippen LogP contribution in [0.1, 0.15) is 6.92 Å². The summed E-state index contributed by atoms with van der Waals surface area (Å²) in [6, 6.07) is 5.27. The van der Waals surface area contributed by atoms with Crippen LogP contribution >= 0.6 is 11.8 Å². The predicted octanol–water partition coefficient (Wildman–Crippen LogP) is 2.50. The van der Waals surface area contributed by atoms with E-state index in [2.05, 4.69) is 10.6 Å². The highest BCUT2D eigenvalue weighted by Gasteiger charge is 2.07. The number of carbonyl (C=O) groups is 1. The van der Waals surface area contributed by atoms with Gasteiger partial charge < -0.3 is 15.7 Å². The number of carbonyl (C=O) groups excluding carboxylic acids is 1. The topological polar surface area (TPSA) is 61.4 Å². The molecule has 18 heavy (non-hydrogen) atoms. The summed E-state index contributed by atoms with van der Waals surface area (Å²) in [5.41, 5.74) is 0.497. The van der Waals surface area contributed by atoms with Gasteiger partial charge in [-0.3, -0.25) is 0 Å². The number of halogens is 2. The number of urea groups is 1. The van der Waals surface area contributed by atoms with Crippen LogP contribution in [0.3, 0.4) is 0 Å². The number of aliphatic hydroxyl groups excluding tert-OH is 1. The average Bonchev–Trinajstić information content (AvgIpc) is 2.30. The number of anilines is 1. The molecule has 0 aromatic heterocycles. The van der Waals surface area contributed by atoms with Gasteiger partial charge in [0.1, 0.15) is 0 Å². The molecule has 1 unspecified atom stereocenters. The molecule has 0 aliphatic carbocycles.